The molecule has 3 N–H and O–H groups in total. The van der Waals surface area contributed by atoms with Gasteiger partial charge in [-0.2, -0.15) is 4.37 Å². The molecule has 0 radical (unpaired) electrons. The molecule has 14 heavy (non-hydrogen) atoms. The van der Waals surface area contributed by atoms with Crippen molar-refractivity contribution in [3.8, 4) is 0 Å². The average Bonchev–Trinajstić information content (AvgIpc) is 2.53. The number of rotatable bonds is 4. The summed E-state index contributed by atoms with van der Waals surface area (Å²) in [5.41, 5.74) is 5.39. The van der Waals surface area contributed by atoms with Crippen molar-refractivity contribution < 1.29 is 4.79 Å². The van der Waals surface area contributed by atoms with E-state index in [9.17, 15) is 4.79 Å². The van der Waals surface area contributed by atoms with Crippen molar-refractivity contribution in [3.63, 3.8) is 0 Å². The lowest BCUT2D eigenvalue weighted by molar-refractivity contribution is -0.117. The van der Waals surface area contributed by atoms with Crippen LogP contribution in [0.5, 0.6) is 0 Å². The minimum absolute atomic E-state index is 0.232. The van der Waals surface area contributed by atoms with Gasteiger partial charge < -0.3 is 5.73 Å². The van der Waals surface area contributed by atoms with Gasteiger partial charge in [0.15, 0.2) is 0 Å². The van der Waals surface area contributed by atoms with E-state index in [0.717, 1.165) is 18.7 Å². The van der Waals surface area contributed by atoms with E-state index in [1.54, 1.807) is 6.92 Å². The Bertz CT molecular complexity index is 310. The first-order valence-corrected chi connectivity index (χ1v) is 5.30. The first-order valence-electron chi connectivity index (χ1n) is 4.52. The number of carbonyl (C=O) groups is 1. The zero-order valence-electron chi connectivity index (χ0n) is 8.28. The lowest BCUT2D eigenvalue weighted by Gasteiger charge is -2.02. The molecule has 0 aromatic carbocycles. The SMILES string of the molecule is CCCc1nsc(NC(=O)C(C)N)n1. The van der Waals surface area contributed by atoms with Crippen molar-refractivity contribution in [1.82, 2.24) is 9.36 Å². The molecule has 0 saturated heterocycles. The molecule has 78 valence electrons. The predicted octanol–water partition coefficient (Wildman–Crippen LogP) is 0.776. The van der Waals surface area contributed by atoms with Gasteiger partial charge in [-0.05, 0) is 13.3 Å². The molecule has 0 aliphatic heterocycles. The van der Waals surface area contributed by atoms with Crippen molar-refractivity contribution >= 4 is 22.6 Å². The lowest BCUT2D eigenvalue weighted by atomic mass is 10.3. The minimum Gasteiger partial charge on any atom is -0.320 e. The summed E-state index contributed by atoms with van der Waals surface area (Å²) in [5.74, 6) is 0.543. The fourth-order valence-corrected chi connectivity index (χ4v) is 1.47. The highest BCUT2D eigenvalue weighted by Gasteiger charge is 2.10. The van der Waals surface area contributed by atoms with Crippen LogP contribution in [0.2, 0.25) is 0 Å². The maximum Gasteiger partial charge on any atom is 0.242 e. The second-order valence-corrected chi connectivity index (χ2v) is 3.80. The summed E-state index contributed by atoms with van der Waals surface area (Å²) in [5, 5.41) is 3.12. The molecule has 1 atom stereocenters. The van der Waals surface area contributed by atoms with E-state index in [4.69, 9.17) is 5.73 Å². The standard InChI is InChI=1S/C8H14N4OS/c1-3-4-6-10-8(14-12-6)11-7(13)5(2)9/h5H,3-4,9H2,1-2H3,(H,10,11,12,13). The number of carbonyl (C=O) groups excluding carboxylic acids is 1. The van der Waals surface area contributed by atoms with Gasteiger partial charge in [-0.15, -0.1) is 0 Å². The third-order valence-corrected chi connectivity index (χ3v) is 2.25. The molecule has 1 amide bonds. The number of anilines is 1. The van der Waals surface area contributed by atoms with Gasteiger partial charge in [0.1, 0.15) is 5.82 Å². The average molecular weight is 214 g/mol. The molecule has 1 heterocycles. The second-order valence-electron chi connectivity index (χ2n) is 3.04. The summed E-state index contributed by atoms with van der Waals surface area (Å²) < 4.78 is 4.09. The Labute approximate surface area is 86.9 Å². The van der Waals surface area contributed by atoms with E-state index in [-0.39, 0.29) is 5.91 Å². The lowest BCUT2D eigenvalue weighted by Crippen LogP contribution is -2.32. The Balaban J connectivity index is 2.55. The van der Waals surface area contributed by atoms with Crippen LogP contribution in [0.4, 0.5) is 5.13 Å². The van der Waals surface area contributed by atoms with Crippen LogP contribution in [0.3, 0.4) is 0 Å². The van der Waals surface area contributed by atoms with Crippen molar-refractivity contribution in [2.75, 3.05) is 5.32 Å². The van der Waals surface area contributed by atoms with Gasteiger partial charge in [0.05, 0.1) is 6.04 Å². The smallest absolute Gasteiger partial charge is 0.242 e. The van der Waals surface area contributed by atoms with Gasteiger partial charge in [0, 0.05) is 18.0 Å². The second kappa shape index (κ2) is 5.02. The largest absolute Gasteiger partial charge is 0.320 e. The van der Waals surface area contributed by atoms with Gasteiger partial charge in [0.25, 0.3) is 0 Å². The van der Waals surface area contributed by atoms with Gasteiger partial charge >= 0.3 is 0 Å². The number of amides is 1. The van der Waals surface area contributed by atoms with Crippen LogP contribution in [0.15, 0.2) is 0 Å². The van der Waals surface area contributed by atoms with Gasteiger partial charge in [-0.25, -0.2) is 4.98 Å². The summed E-state index contributed by atoms with van der Waals surface area (Å²) in [6.45, 7) is 3.69. The molecule has 0 bridgehead atoms. The molecule has 1 unspecified atom stereocenters. The van der Waals surface area contributed by atoms with Crippen molar-refractivity contribution in [2.45, 2.75) is 32.7 Å². The quantitative estimate of drug-likeness (QED) is 0.776. The highest BCUT2D eigenvalue weighted by atomic mass is 32.1. The van der Waals surface area contributed by atoms with E-state index >= 15 is 0 Å². The molecule has 1 aromatic rings. The van der Waals surface area contributed by atoms with Crippen molar-refractivity contribution in [1.29, 1.82) is 0 Å². The van der Waals surface area contributed by atoms with Crippen molar-refractivity contribution in [2.24, 2.45) is 5.73 Å². The van der Waals surface area contributed by atoms with Crippen LogP contribution in [-0.2, 0) is 11.2 Å². The summed E-state index contributed by atoms with van der Waals surface area (Å²) in [6.07, 6.45) is 1.84. The molecular formula is C8H14N4OS. The summed E-state index contributed by atoms with van der Waals surface area (Å²) in [7, 11) is 0. The Hall–Kier alpha value is -1.01. The summed E-state index contributed by atoms with van der Waals surface area (Å²) in [6, 6.07) is -0.520. The number of hydrogen-bond acceptors (Lipinski definition) is 5. The number of aryl methyl sites for hydroxylation is 1. The van der Waals surface area contributed by atoms with Crippen LogP contribution in [0.25, 0.3) is 0 Å². The molecule has 0 spiro atoms. The first kappa shape index (κ1) is 11.1. The normalized spacial score (nSPS) is 12.5. The zero-order chi connectivity index (χ0) is 10.6. The Morgan fingerprint density at radius 3 is 3.00 bits per heavy atom. The maximum atomic E-state index is 11.2. The Morgan fingerprint density at radius 2 is 2.43 bits per heavy atom. The van der Waals surface area contributed by atoms with E-state index < -0.39 is 6.04 Å². The summed E-state index contributed by atoms with van der Waals surface area (Å²) >= 11 is 1.19. The number of hydrogen-bond donors (Lipinski definition) is 2. The highest BCUT2D eigenvalue weighted by Crippen LogP contribution is 2.11. The molecule has 5 nitrogen and oxygen atoms in total. The van der Waals surface area contributed by atoms with Crippen LogP contribution in [0, 0.1) is 0 Å². The molecule has 1 rings (SSSR count). The zero-order valence-corrected chi connectivity index (χ0v) is 9.10. The van der Waals surface area contributed by atoms with Crippen LogP contribution >= 0.6 is 11.5 Å². The fraction of sp³-hybridized carbons (Fsp3) is 0.625. The molecule has 0 aliphatic rings. The minimum atomic E-state index is -0.520. The third-order valence-electron chi connectivity index (χ3n) is 1.59. The number of nitrogens with two attached hydrogens (primary N) is 1. The van der Waals surface area contributed by atoms with E-state index in [2.05, 4.69) is 21.6 Å². The molecule has 0 saturated carbocycles. The predicted molar refractivity (Wildman–Crippen MR) is 56.2 cm³/mol. The number of aromatic nitrogens is 2. The highest BCUT2D eigenvalue weighted by molar-refractivity contribution is 7.09. The number of nitrogens with zero attached hydrogens (tertiary/aromatic N) is 2. The van der Waals surface area contributed by atoms with Gasteiger partial charge in [0.2, 0.25) is 11.0 Å². The van der Waals surface area contributed by atoms with E-state index in [0.29, 0.717) is 5.13 Å². The number of nitrogens with one attached hydrogen (secondary N) is 1. The Morgan fingerprint density at radius 1 is 1.71 bits per heavy atom. The van der Waals surface area contributed by atoms with Gasteiger partial charge in [-0.3, -0.25) is 10.1 Å². The molecule has 0 aliphatic carbocycles. The molecular weight excluding hydrogens is 200 g/mol. The molecule has 0 fully saturated rings. The molecule has 1 aromatic heterocycles. The van der Waals surface area contributed by atoms with Crippen molar-refractivity contribution in [3.05, 3.63) is 5.82 Å². The van der Waals surface area contributed by atoms with Crippen LogP contribution in [0.1, 0.15) is 26.1 Å². The van der Waals surface area contributed by atoms with Crippen LogP contribution in [-0.4, -0.2) is 21.3 Å². The monoisotopic (exact) mass is 214 g/mol. The topological polar surface area (TPSA) is 80.9 Å². The maximum absolute atomic E-state index is 11.2. The Kier molecular flexibility index (Phi) is 3.97. The van der Waals surface area contributed by atoms with E-state index in [1.807, 2.05) is 0 Å². The van der Waals surface area contributed by atoms with Crippen LogP contribution < -0.4 is 11.1 Å². The third kappa shape index (κ3) is 3.04. The van der Waals surface area contributed by atoms with E-state index in [1.165, 1.54) is 11.5 Å². The summed E-state index contributed by atoms with van der Waals surface area (Å²) in [4.78, 5) is 15.3. The molecule has 6 heteroatoms. The fourth-order valence-electron chi connectivity index (χ4n) is 0.849. The van der Waals surface area contributed by atoms with Gasteiger partial charge in [-0.1, -0.05) is 6.92 Å². The first-order chi connectivity index (χ1) is 6.63.